The first-order valence-electron chi connectivity index (χ1n) is 6.27. The van der Waals surface area contributed by atoms with E-state index in [2.05, 4.69) is 5.32 Å². The van der Waals surface area contributed by atoms with Gasteiger partial charge in [0, 0.05) is 31.1 Å². The molecule has 114 valence electrons. The van der Waals surface area contributed by atoms with Gasteiger partial charge in [-0.05, 0) is 6.07 Å². The second-order valence-corrected chi connectivity index (χ2v) is 4.79. The van der Waals surface area contributed by atoms with Crippen molar-refractivity contribution in [3.63, 3.8) is 0 Å². The summed E-state index contributed by atoms with van der Waals surface area (Å²) in [4.78, 5) is 23.9. The molecule has 1 aliphatic heterocycles. The number of rotatable bonds is 3. The van der Waals surface area contributed by atoms with Gasteiger partial charge in [0.15, 0.2) is 0 Å². The summed E-state index contributed by atoms with van der Waals surface area (Å²) in [5.41, 5.74) is 0.0800. The van der Waals surface area contributed by atoms with Crippen LogP contribution < -0.4 is 5.32 Å². The summed E-state index contributed by atoms with van der Waals surface area (Å²) < 4.78 is 26.2. The molecular formula is C13H14F2N2O4. The van der Waals surface area contributed by atoms with Gasteiger partial charge in [0.05, 0.1) is 6.10 Å². The van der Waals surface area contributed by atoms with Crippen LogP contribution in [-0.2, 0) is 11.3 Å². The molecule has 1 fully saturated rings. The number of aliphatic carboxylic acids is 1. The Bertz CT molecular complexity index is 567. The molecule has 21 heavy (non-hydrogen) atoms. The number of carboxylic acids is 1. The number of urea groups is 1. The van der Waals surface area contributed by atoms with Crippen LogP contribution in [0.2, 0.25) is 0 Å². The molecule has 2 amide bonds. The first-order chi connectivity index (χ1) is 9.88. The minimum atomic E-state index is -1.21. The number of nitrogens with zero attached hydrogens (tertiary/aromatic N) is 1. The molecular weight excluding hydrogens is 286 g/mol. The van der Waals surface area contributed by atoms with Gasteiger partial charge < -0.3 is 20.4 Å². The molecule has 3 N–H and O–H groups in total. The number of aliphatic hydroxyl groups excluding tert-OH is 1. The van der Waals surface area contributed by atoms with Crippen molar-refractivity contribution in [3.05, 3.63) is 35.4 Å². The SMILES string of the molecule is O=C(O)[C@@H]1C[C@@H](O)CN1C(=O)NCc1ccc(F)cc1F. The standard InChI is InChI=1S/C13H14F2N2O4/c14-8-2-1-7(10(15)3-8)5-16-13(21)17-6-9(18)4-11(17)12(19)20/h1-3,9,11,18H,4-6H2,(H,16,21)(H,19,20)/t9-,11+/m1/s1. The molecule has 0 saturated carbocycles. The summed E-state index contributed by atoms with van der Waals surface area (Å²) in [6.45, 7) is -0.307. The predicted molar refractivity (Wildman–Crippen MR) is 67.3 cm³/mol. The van der Waals surface area contributed by atoms with Crippen molar-refractivity contribution in [1.82, 2.24) is 10.2 Å². The fourth-order valence-corrected chi connectivity index (χ4v) is 2.21. The molecule has 0 unspecified atom stereocenters. The molecule has 0 spiro atoms. The average molecular weight is 300 g/mol. The quantitative estimate of drug-likeness (QED) is 0.766. The van der Waals surface area contributed by atoms with E-state index >= 15 is 0 Å². The molecule has 0 bridgehead atoms. The van der Waals surface area contributed by atoms with Crippen LogP contribution in [0, 0.1) is 11.6 Å². The lowest BCUT2D eigenvalue weighted by Gasteiger charge is -2.21. The zero-order valence-corrected chi connectivity index (χ0v) is 10.9. The van der Waals surface area contributed by atoms with E-state index in [4.69, 9.17) is 5.11 Å². The van der Waals surface area contributed by atoms with Crippen LogP contribution in [0.25, 0.3) is 0 Å². The first kappa shape index (κ1) is 15.2. The normalized spacial score (nSPS) is 21.4. The van der Waals surface area contributed by atoms with Gasteiger partial charge in [0.1, 0.15) is 17.7 Å². The van der Waals surface area contributed by atoms with E-state index in [0.717, 1.165) is 11.0 Å². The smallest absolute Gasteiger partial charge is 0.326 e. The van der Waals surface area contributed by atoms with Crippen LogP contribution in [0.3, 0.4) is 0 Å². The van der Waals surface area contributed by atoms with E-state index < -0.39 is 35.8 Å². The minimum absolute atomic E-state index is 0.0480. The number of amides is 2. The molecule has 1 aliphatic rings. The highest BCUT2D eigenvalue weighted by Crippen LogP contribution is 2.18. The number of halogens is 2. The van der Waals surface area contributed by atoms with Crippen LogP contribution in [0.5, 0.6) is 0 Å². The van der Waals surface area contributed by atoms with Gasteiger partial charge in [-0.15, -0.1) is 0 Å². The van der Waals surface area contributed by atoms with Crippen molar-refractivity contribution in [2.45, 2.75) is 25.1 Å². The van der Waals surface area contributed by atoms with Crippen LogP contribution in [-0.4, -0.2) is 45.8 Å². The van der Waals surface area contributed by atoms with Crippen molar-refractivity contribution >= 4 is 12.0 Å². The molecule has 8 heteroatoms. The Morgan fingerprint density at radius 3 is 2.71 bits per heavy atom. The number of carbonyl (C=O) groups excluding carboxylic acids is 1. The van der Waals surface area contributed by atoms with Crippen molar-refractivity contribution < 1.29 is 28.6 Å². The number of nitrogens with one attached hydrogen (secondary N) is 1. The fraction of sp³-hybridized carbons (Fsp3) is 0.385. The summed E-state index contributed by atoms with van der Waals surface area (Å²) >= 11 is 0. The zero-order valence-electron chi connectivity index (χ0n) is 10.9. The maximum absolute atomic E-state index is 13.4. The van der Waals surface area contributed by atoms with Gasteiger partial charge in [-0.3, -0.25) is 0 Å². The van der Waals surface area contributed by atoms with Gasteiger partial charge >= 0.3 is 12.0 Å². The lowest BCUT2D eigenvalue weighted by molar-refractivity contribution is -0.141. The molecule has 1 aromatic carbocycles. The number of carboxylic acid groups (broad SMARTS) is 1. The molecule has 0 aromatic heterocycles. The third-order valence-electron chi connectivity index (χ3n) is 3.27. The highest BCUT2D eigenvalue weighted by Gasteiger charge is 2.38. The Morgan fingerprint density at radius 2 is 2.10 bits per heavy atom. The Balaban J connectivity index is 1.99. The summed E-state index contributed by atoms with van der Waals surface area (Å²) in [5, 5.41) is 20.8. The highest BCUT2D eigenvalue weighted by atomic mass is 19.1. The summed E-state index contributed by atoms with van der Waals surface area (Å²) in [7, 11) is 0. The topological polar surface area (TPSA) is 89.9 Å². The number of carbonyl (C=O) groups is 2. The van der Waals surface area contributed by atoms with Crippen molar-refractivity contribution in [2.75, 3.05) is 6.54 Å². The van der Waals surface area contributed by atoms with Gasteiger partial charge in [0.2, 0.25) is 0 Å². The molecule has 1 heterocycles. The summed E-state index contributed by atoms with van der Waals surface area (Å²) in [5.74, 6) is -2.74. The lowest BCUT2D eigenvalue weighted by atomic mass is 10.2. The van der Waals surface area contributed by atoms with Gasteiger partial charge in [-0.2, -0.15) is 0 Å². The summed E-state index contributed by atoms with van der Waals surface area (Å²) in [6, 6.07) is 1.12. The zero-order chi connectivity index (χ0) is 15.6. The molecule has 0 aliphatic carbocycles. The van der Waals surface area contributed by atoms with Crippen molar-refractivity contribution in [2.24, 2.45) is 0 Å². The average Bonchev–Trinajstić information content (AvgIpc) is 2.80. The van der Waals surface area contributed by atoms with Gasteiger partial charge in [-0.25, -0.2) is 18.4 Å². The van der Waals surface area contributed by atoms with Crippen molar-refractivity contribution in [1.29, 1.82) is 0 Å². The Labute approximate surface area is 119 Å². The Hall–Kier alpha value is -2.22. The van der Waals surface area contributed by atoms with E-state index in [1.54, 1.807) is 0 Å². The Morgan fingerprint density at radius 1 is 1.38 bits per heavy atom. The van der Waals surface area contributed by atoms with E-state index in [1.165, 1.54) is 6.07 Å². The molecule has 2 atom stereocenters. The van der Waals surface area contributed by atoms with E-state index in [1.807, 2.05) is 0 Å². The number of β-amino-alcohol motifs (C(OH)–C–C–N with tert-alkyl or cyclic N) is 1. The van der Waals surface area contributed by atoms with E-state index in [9.17, 15) is 23.5 Å². The second-order valence-electron chi connectivity index (χ2n) is 4.79. The first-order valence-corrected chi connectivity index (χ1v) is 6.27. The molecule has 6 nitrogen and oxygen atoms in total. The fourth-order valence-electron chi connectivity index (χ4n) is 2.21. The maximum atomic E-state index is 13.4. The van der Waals surface area contributed by atoms with Gasteiger partial charge in [0.25, 0.3) is 0 Å². The third kappa shape index (κ3) is 3.46. The molecule has 1 aromatic rings. The maximum Gasteiger partial charge on any atom is 0.326 e. The highest BCUT2D eigenvalue weighted by molar-refractivity contribution is 5.83. The Kier molecular flexibility index (Phi) is 4.37. The third-order valence-corrected chi connectivity index (χ3v) is 3.27. The lowest BCUT2D eigenvalue weighted by Crippen LogP contribution is -2.46. The van der Waals surface area contributed by atoms with Crippen molar-refractivity contribution in [3.8, 4) is 0 Å². The number of aliphatic hydroxyl groups is 1. The van der Waals surface area contributed by atoms with E-state index in [-0.39, 0.29) is 25.1 Å². The van der Waals surface area contributed by atoms with Crippen LogP contribution in [0.1, 0.15) is 12.0 Å². The molecule has 0 radical (unpaired) electrons. The second kappa shape index (κ2) is 6.04. The molecule has 2 rings (SSSR count). The number of benzene rings is 1. The van der Waals surface area contributed by atoms with E-state index in [0.29, 0.717) is 6.07 Å². The van der Waals surface area contributed by atoms with Crippen LogP contribution in [0.15, 0.2) is 18.2 Å². The van der Waals surface area contributed by atoms with Crippen LogP contribution >= 0.6 is 0 Å². The van der Waals surface area contributed by atoms with Gasteiger partial charge in [-0.1, -0.05) is 6.07 Å². The monoisotopic (exact) mass is 300 g/mol. The number of hydrogen-bond donors (Lipinski definition) is 3. The largest absolute Gasteiger partial charge is 0.480 e. The predicted octanol–water partition coefficient (Wildman–Crippen LogP) is 0.694. The minimum Gasteiger partial charge on any atom is -0.480 e. The summed E-state index contributed by atoms with van der Waals surface area (Å²) in [6.07, 6.45) is -0.951. The van der Waals surface area contributed by atoms with Crippen LogP contribution in [0.4, 0.5) is 13.6 Å². The molecule has 1 saturated heterocycles. The number of hydrogen-bond acceptors (Lipinski definition) is 3. The number of likely N-dealkylation sites (tertiary alicyclic amines) is 1.